The molecule has 1 N–H and O–H groups in total. The second kappa shape index (κ2) is 8.90. The summed E-state index contributed by atoms with van der Waals surface area (Å²) in [5.74, 6) is 1.35. The molecule has 0 radical (unpaired) electrons. The van der Waals surface area contributed by atoms with E-state index < -0.39 is 0 Å². The first kappa shape index (κ1) is 22.3. The summed E-state index contributed by atoms with van der Waals surface area (Å²) in [7, 11) is 1.62. The number of pyridine rings is 1. The van der Waals surface area contributed by atoms with Crippen molar-refractivity contribution < 1.29 is 9.26 Å². The predicted octanol–water partition coefficient (Wildman–Crippen LogP) is 5.27. The largest absolute Gasteiger partial charge is 0.496 e. The van der Waals surface area contributed by atoms with Gasteiger partial charge in [0.1, 0.15) is 11.5 Å². The number of imidazole rings is 1. The smallest absolute Gasteiger partial charge is 0.327 e. The predicted molar refractivity (Wildman–Crippen MR) is 131 cm³/mol. The van der Waals surface area contributed by atoms with Crippen LogP contribution in [-0.2, 0) is 0 Å². The number of allylic oxidation sites excluding steroid dienone is 4. The van der Waals surface area contributed by atoms with Crippen molar-refractivity contribution in [1.82, 2.24) is 19.7 Å². The number of aromatic nitrogens is 4. The number of aryl methyl sites for hydroxylation is 2. The van der Waals surface area contributed by atoms with Crippen LogP contribution in [0.5, 0.6) is 5.75 Å². The molecule has 3 aromatic heterocycles. The highest BCUT2D eigenvalue weighted by molar-refractivity contribution is 6.04. The van der Waals surface area contributed by atoms with E-state index in [1.807, 2.05) is 65.0 Å². The van der Waals surface area contributed by atoms with E-state index in [0.717, 1.165) is 38.9 Å². The Morgan fingerprint density at radius 2 is 2.09 bits per heavy atom. The van der Waals surface area contributed by atoms with E-state index in [2.05, 4.69) is 20.1 Å². The van der Waals surface area contributed by atoms with Crippen LogP contribution < -0.4 is 10.4 Å². The Morgan fingerprint density at radius 3 is 2.73 bits per heavy atom. The molecule has 0 aliphatic heterocycles. The van der Waals surface area contributed by atoms with Gasteiger partial charge in [0.25, 0.3) is 0 Å². The quantitative estimate of drug-likeness (QED) is 0.322. The lowest BCUT2D eigenvalue weighted by Gasteiger charge is -2.16. The number of benzene rings is 1. The Balaban J connectivity index is 2.03. The minimum atomic E-state index is -0.308. The number of methoxy groups -OCH3 is 1. The highest BCUT2D eigenvalue weighted by Gasteiger charge is 2.22. The van der Waals surface area contributed by atoms with Crippen molar-refractivity contribution in [3.05, 3.63) is 64.2 Å². The molecule has 0 bridgehead atoms. The maximum atomic E-state index is 13.0. The Hall–Kier alpha value is -3.94. The van der Waals surface area contributed by atoms with Crippen LogP contribution in [0, 0.1) is 13.8 Å². The fraction of sp³-hybridized carbons (Fsp3) is 0.280. The molecule has 8 nitrogen and oxygen atoms in total. The van der Waals surface area contributed by atoms with Gasteiger partial charge in [-0.05, 0) is 52.8 Å². The molecule has 0 fully saturated rings. The number of aliphatic imine (C=N–C) groups is 1. The molecule has 0 saturated heterocycles. The zero-order chi connectivity index (χ0) is 23.7. The van der Waals surface area contributed by atoms with E-state index in [1.165, 1.54) is 0 Å². The van der Waals surface area contributed by atoms with E-state index in [0.29, 0.717) is 17.0 Å². The molecule has 3 heterocycles. The number of nitrogens with one attached hydrogen (secondary N) is 1. The van der Waals surface area contributed by atoms with Gasteiger partial charge in [-0.3, -0.25) is 14.5 Å². The van der Waals surface area contributed by atoms with Gasteiger partial charge in [-0.15, -0.1) is 0 Å². The van der Waals surface area contributed by atoms with Crippen LogP contribution in [0.1, 0.15) is 38.3 Å². The maximum Gasteiger partial charge on any atom is 0.327 e. The van der Waals surface area contributed by atoms with Crippen molar-refractivity contribution in [1.29, 1.82) is 0 Å². The van der Waals surface area contributed by atoms with Gasteiger partial charge in [-0.2, -0.15) is 0 Å². The summed E-state index contributed by atoms with van der Waals surface area (Å²) in [5, 5.41) is 4.88. The Labute approximate surface area is 191 Å². The molecule has 1 atom stereocenters. The van der Waals surface area contributed by atoms with Crippen LogP contribution in [0.15, 0.2) is 56.6 Å². The Bertz CT molecular complexity index is 1460. The average Bonchev–Trinajstić information content (AvgIpc) is 3.32. The number of hydrogen-bond donors (Lipinski definition) is 1. The van der Waals surface area contributed by atoms with Crippen LogP contribution in [0.25, 0.3) is 33.1 Å². The highest BCUT2D eigenvalue weighted by Crippen LogP contribution is 2.39. The molecule has 4 rings (SSSR count). The maximum absolute atomic E-state index is 13.0. The van der Waals surface area contributed by atoms with Crippen molar-refractivity contribution in [2.45, 2.75) is 40.7 Å². The van der Waals surface area contributed by atoms with Crippen LogP contribution in [0.4, 0.5) is 0 Å². The summed E-state index contributed by atoms with van der Waals surface area (Å²) in [6.45, 7) is 9.51. The number of hydrogen-bond acceptors (Lipinski definition) is 6. The molecule has 170 valence electrons. The SMILES string of the molecule is C\C=C/C=C(\N=C/C)[C@@H](C)n1c(=O)[nH]c2cnc3cc(-c4c(C)noc4C)c(OC)cc3c21. The van der Waals surface area contributed by atoms with Crippen molar-refractivity contribution in [3.8, 4) is 16.9 Å². The summed E-state index contributed by atoms with van der Waals surface area (Å²) >= 11 is 0. The van der Waals surface area contributed by atoms with E-state index in [4.69, 9.17) is 9.26 Å². The molecule has 1 aromatic carbocycles. The fourth-order valence-electron chi connectivity index (χ4n) is 4.20. The zero-order valence-corrected chi connectivity index (χ0v) is 19.6. The number of H-pyrrole nitrogens is 1. The number of aromatic amines is 1. The molecule has 0 unspecified atom stereocenters. The van der Waals surface area contributed by atoms with Gasteiger partial charge in [0.05, 0.1) is 52.9 Å². The second-order valence-corrected chi connectivity index (χ2v) is 7.77. The van der Waals surface area contributed by atoms with E-state index >= 15 is 0 Å². The van der Waals surface area contributed by atoms with Gasteiger partial charge < -0.3 is 14.2 Å². The Morgan fingerprint density at radius 1 is 1.30 bits per heavy atom. The monoisotopic (exact) mass is 445 g/mol. The molecular weight excluding hydrogens is 418 g/mol. The molecule has 33 heavy (non-hydrogen) atoms. The van der Waals surface area contributed by atoms with Crippen molar-refractivity contribution in [3.63, 3.8) is 0 Å². The van der Waals surface area contributed by atoms with Crippen molar-refractivity contribution >= 4 is 28.2 Å². The van der Waals surface area contributed by atoms with Crippen LogP contribution in [0.3, 0.4) is 0 Å². The second-order valence-electron chi connectivity index (χ2n) is 7.77. The topological polar surface area (TPSA) is 98.3 Å². The van der Waals surface area contributed by atoms with Crippen molar-refractivity contribution in [2.24, 2.45) is 4.99 Å². The third kappa shape index (κ3) is 3.77. The standard InChI is InChI=1S/C25H27N5O3/c1-7-9-10-19(26-8-2)15(4)30-24-17-12-22(32-6)18(23-14(3)29-33-16(23)5)11-20(17)27-13-21(24)28-25(30)31/h7-13,15H,1-6H3,(H,28,31)/b9-7-,19-10-,26-8-/t15-/m1/s1. The summed E-state index contributed by atoms with van der Waals surface area (Å²) in [5.41, 5.74) is 5.17. The number of nitrogens with zero attached hydrogens (tertiary/aromatic N) is 4. The molecular formula is C25H27N5O3. The summed E-state index contributed by atoms with van der Waals surface area (Å²) in [6.07, 6.45) is 9.16. The average molecular weight is 446 g/mol. The molecule has 0 aliphatic carbocycles. The lowest BCUT2D eigenvalue weighted by molar-refractivity contribution is 0.393. The van der Waals surface area contributed by atoms with Gasteiger partial charge in [-0.25, -0.2) is 4.79 Å². The summed E-state index contributed by atoms with van der Waals surface area (Å²) in [6, 6.07) is 3.56. The molecule has 0 aliphatic rings. The van der Waals surface area contributed by atoms with Gasteiger partial charge >= 0.3 is 5.69 Å². The molecule has 0 amide bonds. The van der Waals surface area contributed by atoms with Gasteiger partial charge in [-0.1, -0.05) is 17.3 Å². The van der Waals surface area contributed by atoms with Crippen molar-refractivity contribution in [2.75, 3.05) is 7.11 Å². The highest BCUT2D eigenvalue weighted by atomic mass is 16.5. The molecule has 8 heteroatoms. The first-order chi connectivity index (χ1) is 15.9. The van der Waals surface area contributed by atoms with E-state index in [9.17, 15) is 4.79 Å². The molecule has 0 saturated carbocycles. The van der Waals surface area contributed by atoms with Crippen LogP contribution in [0.2, 0.25) is 0 Å². The first-order valence-corrected chi connectivity index (χ1v) is 10.8. The molecule has 4 aromatic rings. The lowest BCUT2D eigenvalue weighted by atomic mass is 10.0. The minimum Gasteiger partial charge on any atom is -0.496 e. The van der Waals surface area contributed by atoms with Crippen LogP contribution >= 0.6 is 0 Å². The van der Waals surface area contributed by atoms with E-state index in [-0.39, 0.29) is 11.7 Å². The van der Waals surface area contributed by atoms with E-state index in [1.54, 1.807) is 24.1 Å². The number of rotatable bonds is 6. The van der Waals surface area contributed by atoms with Gasteiger partial charge in [0.15, 0.2) is 0 Å². The summed E-state index contributed by atoms with van der Waals surface area (Å²) < 4.78 is 12.8. The third-order valence-electron chi connectivity index (χ3n) is 5.72. The van der Waals surface area contributed by atoms with Gasteiger partial charge in [0, 0.05) is 17.2 Å². The number of fused-ring (bicyclic) bond motifs is 3. The van der Waals surface area contributed by atoms with Crippen LogP contribution in [-0.4, -0.2) is 33.0 Å². The third-order valence-corrected chi connectivity index (χ3v) is 5.72. The first-order valence-electron chi connectivity index (χ1n) is 10.8. The Kier molecular flexibility index (Phi) is 6.00. The summed E-state index contributed by atoms with van der Waals surface area (Å²) in [4.78, 5) is 25.1. The minimum absolute atomic E-state index is 0.224. The fourth-order valence-corrected chi connectivity index (χ4v) is 4.20. The van der Waals surface area contributed by atoms with Gasteiger partial charge in [0.2, 0.25) is 0 Å². The lowest BCUT2D eigenvalue weighted by Crippen LogP contribution is -2.21. The molecule has 0 spiro atoms. The number of ether oxygens (including phenoxy) is 1. The normalized spacial score (nSPS) is 13.7. The zero-order valence-electron chi connectivity index (χ0n) is 19.6.